The average Bonchev–Trinajstić information content (AvgIpc) is 2.79. The second-order valence-corrected chi connectivity index (χ2v) is 4.63. The number of carboxylic acids is 1. The lowest BCUT2D eigenvalue weighted by molar-refractivity contribution is 0.0693. The molecule has 0 spiro atoms. The van der Waals surface area contributed by atoms with E-state index < -0.39 is 5.97 Å². The summed E-state index contributed by atoms with van der Waals surface area (Å²) in [7, 11) is 0. The Balaban J connectivity index is 2.00. The SMILES string of the molecule is O=C(O)c1ccccc1SCC1NCCN1. The average molecular weight is 238 g/mol. The van der Waals surface area contributed by atoms with Crippen molar-refractivity contribution < 1.29 is 9.90 Å². The van der Waals surface area contributed by atoms with E-state index in [1.807, 2.05) is 12.1 Å². The van der Waals surface area contributed by atoms with Gasteiger partial charge in [-0.2, -0.15) is 0 Å². The molecule has 1 aliphatic rings. The first-order chi connectivity index (χ1) is 7.77. The number of thioether (sulfide) groups is 1. The summed E-state index contributed by atoms with van der Waals surface area (Å²) in [6, 6.07) is 7.10. The summed E-state index contributed by atoms with van der Waals surface area (Å²) >= 11 is 1.57. The van der Waals surface area contributed by atoms with Gasteiger partial charge in [-0.15, -0.1) is 11.8 Å². The Bertz CT molecular complexity index is 378. The van der Waals surface area contributed by atoms with Crippen molar-refractivity contribution in [2.45, 2.75) is 11.1 Å². The van der Waals surface area contributed by atoms with Crippen LogP contribution in [0.3, 0.4) is 0 Å². The maximum atomic E-state index is 11.0. The van der Waals surface area contributed by atoms with Gasteiger partial charge in [0.2, 0.25) is 0 Å². The topological polar surface area (TPSA) is 61.4 Å². The zero-order chi connectivity index (χ0) is 11.4. The highest BCUT2D eigenvalue weighted by atomic mass is 32.2. The molecule has 2 rings (SSSR count). The summed E-state index contributed by atoms with van der Waals surface area (Å²) in [6.07, 6.45) is 0.284. The maximum Gasteiger partial charge on any atom is 0.336 e. The first-order valence-corrected chi connectivity index (χ1v) is 6.18. The minimum Gasteiger partial charge on any atom is -0.478 e. The van der Waals surface area contributed by atoms with Crippen LogP contribution in [0.25, 0.3) is 0 Å². The van der Waals surface area contributed by atoms with Crippen LogP contribution in [-0.2, 0) is 0 Å². The summed E-state index contributed by atoms with van der Waals surface area (Å²) in [5.41, 5.74) is 0.380. The van der Waals surface area contributed by atoms with E-state index in [2.05, 4.69) is 10.6 Å². The summed E-state index contributed by atoms with van der Waals surface area (Å²) in [5, 5.41) is 15.6. The third-order valence-corrected chi connectivity index (χ3v) is 3.60. The van der Waals surface area contributed by atoms with Gasteiger partial charge in [-0.25, -0.2) is 4.79 Å². The van der Waals surface area contributed by atoms with Crippen LogP contribution >= 0.6 is 11.8 Å². The molecule has 0 saturated carbocycles. The van der Waals surface area contributed by atoms with Crippen molar-refractivity contribution in [1.29, 1.82) is 0 Å². The van der Waals surface area contributed by atoms with Gasteiger partial charge in [0.05, 0.1) is 11.7 Å². The fourth-order valence-electron chi connectivity index (χ4n) is 1.63. The second-order valence-electron chi connectivity index (χ2n) is 3.57. The molecule has 1 aliphatic heterocycles. The molecule has 1 saturated heterocycles. The number of carboxylic acid groups (broad SMARTS) is 1. The van der Waals surface area contributed by atoms with E-state index in [9.17, 15) is 4.79 Å². The van der Waals surface area contributed by atoms with Crippen molar-refractivity contribution in [3.63, 3.8) is 0 Å². The molecule has 4 nitrogen and oxygen atoms in total. The van der Waals surface area contributed by atoms with Crippen LogP contribution in [0, 0.1) is 0 Å². The van der Waals surface area contributed by atoms with E-state index >= 15 is 0 Å². The highest BCUT2D eigenvalue weighted by Gasteiger charge is 2.15. The number of benzene rings is 1. The Morgan fingerprint density at radius 2 is 2.06 bits per heavy atom. The van der Waals surface area contributed by atoms with Crippen LogP contribution < -0.4 is 10.6 Å². The van der Waals surface area contributed by atoms with E-state index in [1.165, 1.54) is 0 Å². The highest BCUT2D eigenvalue weighted by molar-refractivity contribution is 7.99. The van der Waals surface area contributed by atoms with Crippen LogP contribution in [0.1, 0.15) is 10.4 Å². The Morgan fingerprint density at radius 3 is 2.75 bits per heavy atom. The van der Waals surface area contributed by atoms with E-state index in [1.54, 1.807) is 23.9 Å². The third-order valence-electron chi connectivity index (χ3n) is 2.43. The lowest BCUT2D eigenvalue weighted by atomic mass is 10.2. The van der Waals surface area contributed by atoms with Crippen LogP contribution in [0.2, 0.25) is 0 Å². The summed E-state index contributed by atoms with van der Waals surface area (Å²) < 4.78 is 0. The fourth-order valence-corrected chi connectivity index (χ4v) is 2.69. The maximum absolute atomic E-state index is 11.0. The lowest BCUT2D eigenvalue weighted by Crippen LogP contribution is -2.33. The minimum absolute atomic E-state index is 0.284. The molecule has 1 aromatic carbocycles. The molecule has 0 radical (unpaired) electrons. The molecule has 0 atom stereocenters. The van der Waals surface area contributed by atoms with E-state index in [0.717, 1.165) is 23.7 Å². The van der Waals surface area contributed by atoms with Crippen molar-refractivity contribution >= 4 is 17.7 Å². The molecule has 0 amide bonds. The molecular weight excluding hydrogens is 224 g/mol. The number of rotatable bonds is 4. The quantitative estimate of drug-likeness (QED) is 0.683. The number of hydrogen-bond acceptors (Lipinski definition) is 4. The molecule has 1 heterocycles. The standard InChI is InChI=1S/C11H14N2O2S/c14-11(15)8-3-1-2-4-9(8)16-7-10-12-5-6-13-10/h1-4,10,12-13H,5-7H2,(H,14,15). The van der Waals surface area contributed by atoms with Gasteiger partial charge in [0.15, 0.2) is 0 Å². The zero-order valence-electron chi connectivity index (χ0n) is 8.77. The largest absolute Gasteiger partial charge is 0.478 e. The van der Waals surface area contributed by atoms with Gasteiger partial charge in [-0.05, 0) is 12.1 Å². The van der Waals surface area contributed by atoms with Crippen molar-refractivity contribution in [3.05, 3.63) is 29.8 Å². The smallest absolute Gasteiger partial charge is 0.336 e. The number of aromatic carboxylic acids is 1. The predicted octanol–water partition coefficient (Wildman–Crippen LogP) is 0.996. The van der Waals surface area contributed by atoms with Gasteiger partial charge in [-0.1, -0.05) is 12.1 Å². The predicted molar refractivity (Wildman–Crippen MR) is 63.9 cm³/mol. The summed E-state index contributed by atoms with van der Waals surface area (Å²) in [6.45, 7) is 1.96. The summed E-state index contributed by atoms with van der Waals surface area (Å²) in [5.74, 6) is -0.0277. The van der Waals surface area contributed by atoms with Gasteiger partial charge in [0, 0.05) is 23.7 Å². The minimum atomic E-state index is -0.865. The first kappa shape index (κ1) is 11.4. The Labute approximate surface area is 98.4 Å². The van der Waals surface area contributed by atoms with Crippen LogP contribution in [-0.4, -0.2) is 36.1 Å². The molecule has 0 aromatic heterocycles. The molecule has 16 heavy (non-hydrogen) atoms. The van der Waals surface area contributed by atoms with E-state index in [4.69, 9.17) is 5.11 Å². The van der Waals surface area contributed by atoms with Crippen molar-refractivity contribution in [2.24, 2.45) is 0 Å². The molecule has 86 valence electrons. The molecule has 5 heteroatoms. The molecule has 1 fully saturated rings. The second kappa shape index (κ2) is 5.34. The van der Waals surface area contributed by atoms with Gasteiger partial charge < -0.3 is 5.11 Å². The highest BCUT2D eigenvalue weighted by Crippen LogP contribution is 2.23. The molecular formula is C11H14N2O2S. The molecule has 0 bridgehead atoms. The van der Waals surface area contributed by atoms with Crippen LogP contribution in [0.15, 0.2) is 29.2 Å². The van der Waals surface area contributed by atoms with Gasteiger partial charge in [0.25, 0.3) is 0 Å². The number of hydrogen-bond donors (Lipinski definition) is 3. The lowest BCUT2D eigenvalue weighted by Gasteiger charge is -2.11. The number of carbonyl (C=O) groups is 1. The fraction of sp³-hybridized carbons (Fsp3) is 0.364. The molecule has 1 aromatic rings. The normalized spacial score (nSPS) is 16.5. The molecule has 0 aliphatic carbocycles. The van der Waals surface area contributed by atoms with Gasteiger partial charge in [0.1, 0.15) is 0 Å². The van der Waals surface area contributed by atoms with Crippen molar-refractivity contribution in [2.75, 3.05) is 18.8 Å². The summed E-state index contributed by atoms with van der Waals surface area (Å²) in [4.78, 5) is 11.8. The van der Waals surface area contributed by atoms with Crippen molar-refractivity contribution in [1.82, 2.24) is 10.6 Å². The number of nitrogens with one attached hydrogen (secondary N) is 2. The van der Waals surface area contributed by atoms with E-state index in [0.29, 0.717) is 5.56 Å². The molecule has 0 unspecified atom stereocenters. The van der Waals surface area contributed by atoms with E-state index in [-0.39, 0.29) is 6.17 Å². The molecule has 3 N–H and O–H groups in total. The Kier molecular flexibility index (Phi) is 3.82. The zero-order valence-corrected chi connectivity index (χ0v) is 9.59. The first-order valence-electron chi connectivity index (χ1n) is 5.19. The Morgan fingerprint density at radius 1 is 1.38 bits per heavy atom. The van der Waals surface area contributed by atoms with Crippen LogP contribution in [0.4, 0.5) is 0 Å². The van der Waals surface area contributed by atoms with Gasteiger partial charge in [-0.3, -0.25) is 10.6 Å². The van der Waals surface area contributed by atoms with Gasteiger partial charge >= 0.3 is 5.97 Å². The third kappa shape index (κ3) is 2.75. The Hall–Kier alpha value is -1.04. The van der Waals surface area contributed by atoms with Crippen molar-refractivity contribution in [3.8, 4) is 0 Å². The van der Waals surface area contributed by atoms with Crippen LogP contribution in [0.5, 0.6) is 0 Å². The monoisotopic (exact) mass is 238 g/mol.